The molecule has 0 bridgehead atoms. The van der Waals surface area contributed by atoms with Crippen molar-refractivity contribution >= 4 is 32.8 Å². The van der Waals surface area contributed by atoms with Gasteiger partial charge in [-0.15, -0.1) is 0 Å². The van der Waals surface area contributed by atoms with Crippen molar-refractivity contribution in [2.45, 2.75) is 19.4 Å². The Morgan fingerprint density at radius 1 is 1.03 bits per heavy atom. The minimum Gasteiger partial charge on any atom is -0.450 e. The second-order valence-electron chi connectivity index (χ2n) is 8.43. The summed E-state index contributed by atoms with van der Waals surface area (Å²) in [6, 6.07) is 12.9. The number of carbonyl (C=O) groups excluding carboxylic acids is 1. The number of ether oxygens (including phenoxy) is 1. The van der Waals surface area contributed by atoms with E-state index in [1.807, 2.05) is 37.3 Å². The summed E-state index contributed by atoms with van der Waals surface area (Å²) in [5, 5.41) is 0.484. The van der Waals surface area contributed by atoms with Gasteiger partial charge in [0.1, 0.15) is 5.58 Å². The van der Waals surface area contributed by atoms with Crippen molar-refractivity contribution in [3.8, 4) is 0 Å². The van der Waals surface area contributed by atoms with Crippen molar-refractivity contribution in [2.75, 3.05) is 39.4 Å². The summed E-state index contributed by atoms with van der Waals surface area (Å²) in [5.41, 5.74) is 2.79. The first-order valence-electron chi connectivity index (χ1n) is 11.0. The lowest BCUT2D eigenvalue weighted by atomic mass is 9.97. The number of amides is 1. The highest BCUT2D eigenvalue weighted by atomic mass is 79.9. The second-order valence-corrected chi connectivity index (χ2v) is 9.35. The summed E-state index contributed by atoms with van der Waals surface area (Å²) in [6.07, 6.45) is 0.821. The molecule has 0 saturated carbocycles. The molecule has 2 aliphatic heterocycles. The molecule has 2 aliphatic rings. The Morgan fingerprint density at radius 2 is 1.78 bits per heavy atom. The molecule has 1 atom stereocenters. The smallest absolute Gasteiger partial charge is 0.290 e. The minimum absolute atomic E-state index is 0.142. The van der Waals surface area contributed by atoms with E-state index in [9.17, 15) is 9.59 Å². The average Bonchev–Trinajstić information content (AvgIpc) is 3.08. The SMILES string of the molecule is Cc1ccc([C@@H]2c3c(oc4ccc(Br)cc4c3=O)C(=O)N2CCCN2CCOCC2)cc1. The second kappa shape index (κ2) is 8.81. The molecule has 1 amide bonds. The van der Waals surface area contributed by atoms with E-state index in [2.05, 4.69) is 20.8 Å². The van der Waals surface area contributed by atoms with Gasteiger partial charge >= 0.3 is 0 Å². The maximum atomic E-state index is 13.6. The lowest BCUT2D eigenvalue weighted by molar-refractivity contribution is 0.0353. The first kappa shape index (κ1) is 21.4. The van der Waals surface area contributed by atoms with Crippen molar-refractivity contribution in [1.29, 1.82) is 0 Å². The standard InChI is InChI=1S/C25H25BrN2O4/c1-16-3-5-17(6-4-16)22-21-23(29)19-15-18(26)7-8-20(19)32-24(21)25(30)28(22)10-2-9-27-11-13-31-14-12-27/h3-8,15,22H,2,9-14H2,1H3/t22-/m1/s1. The molecule has 1 saturated heterocycles. The van der Waals surface area contributed by atoms with Crippen LogP contribution in [0.25, 0.3) is 11.0 Å². The number of hydrogen-bond acceptors (Lipinski definition) is 5. The number of hydrogen-bond donors (Lipinski definition) is 0. The van der Waals surface area contributed by atoms with Crippen LogP contribution in [0.2, 0.25) is 0 Å². The summed E-state index contributed by atoms with van der Waals surface area (Å²) in [6.45, 7) is 6.79. The van der Waals surface area contributed by atoms with E-state index in [4.69, 9.17) is 9.15 Å². The third kappa shape index (κ3) is 3.89. The average molecular weight is 497 g/mol. The predicted octanol–water partition coefficient (Wildman–Crippen LogP) is 4.13. The topological polar surface area (TPSA) is 63.0 Å². The first-order valence-corrected chi connectivity index (χ1v) is 11.8. The number of benzene rings is 2. The first-order chi connectivity index (χ1) is 15.5. The van der Waals surface area contributed by atoms with Gasteiger partial charge in [0.15, 0.2) is 5.43 Å². The van der Waals surface area contributed by atoms with Crippen molar-refractivity contribution < 1.29 is 13.9 Å². The molecular formula is C25H25BrN2O4. The van der Waals surface area contributed by atoms with Gasteiger partial charge in [-0.1, -0.05) is 45.8 Å². The number of aryl methyl sites for hydroxylation is 1. The van der Waals surface area contributed by atoms with Gasteiger partial charge in [0.25, 0.3) is 5.91 Å². The molecule has 3 heterocycles. The molecule has 3 aromatic rings. The molecule has 7 heteroatoms. The molecule has 0 radical (unpaired) electrons. The molecule has 1 aromatic heterocycles. The fourth-order valence-electron chi connectivity index (χ4n) is 4.61. The van der Waals surface area contributed by atoms with Crippen LogP contribution in [0.3, 0.4) is 0 Å². The molecule has 6 nitrogen and oxygen atoms in total. The fourth-order valence-corrected chi connectivity index (χ4v) is 4.97. The van der Waals surface area contributed by atoms with Crippen LogP contribution in [0.4, 0.5) is 0 Å². The third-order valence-electron chi connectivity index (χ3n) is 6.30. The van der Waals surface area contributed by atoms with Crippen molar-refractivity contribution in [1.82, 2.24) is 9.80 Å². The fraction of sp³-hybridized carbons (Fsp3) is 0.360. The Morgan fingerprint density at radius 3 is 2.53 bits per heavy atom. The lowest BCUT2D eigenvalue weighted by Crippen LogP contribution is -2.38. The Balaban J connectivity index is 1.53. The van der Waals surface area contributed by atoms with E-state index in [-0.39, 0.29) is 17.1 Å². The molecular weight excluding hydrogens is 472 g/mol. The molecule has 2 aromatic carbocycles. The molecule has 166 valence electrons. The van der Waals surface area contributed by atoms with Gasteiger partial charge in [-0.05, 0) is 37.1 Å². The highest BCUT2D eigenvalue weighted by Gasteiger charge is 2.42. The third-order valence-corrected chi connectivity index (χ3v) is 6.79. The summed E-state index contributed by atoms with van der Waals surface area (Å²) < 4.78 is 12.2. The van der Waals surface area contributed by atoms with Crippen LogP contribution in [-0.2, 0) is 4.74 Å². The summed E-state index contributed by atoms with van der Waals surface area (Å²) in [5.74, 6) is -0.0451. The molecule has 32 heavy (non-hydrogen) atoms. The van der Waals surface area contributed by atoms with Crippen LogP contribution >= 0.6 is 15.9 Å². The molecule has 0 unspecified atom stereocenters. The predicted molar refractivity (Wildman–Crippen MR) is 126 cm³/mol. The zero-order chi connectivity index (χ0) is 22.2. The van der Waals surface area contributed by atoms with E-state index in [0.717, 1.165) is 54.9 Å². The Hall–Kier alpha value is -2.48. The van der Waals surface area contributed by atoms with Gasteiger partial charge in [-0.25, -0.2) is 0 Å². The Bertz CT molecular complexity index is 1220. The number of halogens is 1. The molecule has 0 aliphatic carbocycles. The summed E-state index contributed by atoms with van der Waals surface area (Å²) >= 11 is 3.44. The molecule has 0 N–H and O–H groups in total. The van der Waals surface area contributed by atoms with Crippen LogP contribution in [-0.4, -0.2) is 55.1 Å². The Labute approximate surface area is 194 Å². The van der Waals surface area contributed by atoms with E-state index in [1.165, 1.54) is 0 Å². The summed E-state index contributed by atoms with van der Waals surface area (Å²) in [4.78, 5) is 31.2. The van der Waals surface area contributed by atoms with E-state index < -0.39 is 6.04 Å². The number of rotatable bonds is 5. The zero-order valence-electron chi connectivity index (χ0n) is 18.0. The Kier molecular flexibility index (Phi) is 5.88. The van der Waals surface area contributed by atoms with Crippen molar-refractivity contribution in [3.63, 3.8) is 0 Å². The van der Waals surface area contributed by atoms with Gasteiger partial charge in [0, 0.05) is 30.7 Å². The van der Waals surface area contributed by atoms with Crippen LogP contribution < -0.4 is 5.43 Å². The largest absolute Gasteiger partial charge is 0.450 e. The van der Waals surface area contributed by atoms with Gasteiger partial charge in [-0.3, -0.25) is 14.5 Å². The van der Waals surface area contributed by atoms with Crippen LogP contribution in [0.1, 0.15) is 39.7 Å². The quantitative estimate of drug-likeness (QED) is 0.531. The van der Waals surface area contributed by atoms with E-state index in [0.29, 0.717) is 23.1 Å². The maximum Gasteiger partial charge on any atom is 0.290 e. The normalized spacial score (nSPS) is 19.0. The van der Waals surface area contributed by atoms with E-state index >= 15 is 0 Å². The summed E-state index contributed by atoms with van der Waals surface area (Å²) in [7, 11) is 0. The number of fused-ring (bicyclic) bond motifs is 2. The monoisotopic (exact) mass is 496 g/mol. The van der Waals surface area contributed by atoms with Crippen molar-refractivity contribution in [2.24, 2.45) is 0 Å². The minimum atomic E-state index is -0.442. The zero-order valence-corrected chi connectivity index (χ0v) is 19.6. The number of nitrogens with zero attached hydrogens (tertiary/aromatic N) is 2. The highest BCUT2D eigenvalue weighted by Crippen LogP contribution is 2.38. The highest BCUT2D eigenvalue weighted by molar-refractivity contribution is 9.10. The number of morpholine rings is 1. The molecule has 1 fully saturated rings. The van der Waals surface area contributed by atoms with Crippen LogP contribution in [0.5, 0.6) is 0 Å². The maximum absolute atomic E-state index is 13.6. The molecule has 0 spiro atoms. The van der Waals surface area contributed by atoms with Gasteiger partial charge in [-0.2, -0.15) is 0 Å². The van der Waals surface area contributed by atoms with Gasteiger partial charge in [0.05, 0.1) is 30.2 Å². The van der Waals surface area contributed by atoms with Crippen molar-refractivity contribution in [3.05, 3.63) is 79.6 Å². The lowest BCUT2D eigenvalue weighted by Gasteiger charge is -2.29. The van der Waals surface area contributed by atoms with Gasteiger partial charge in [0.2, 0.25) is 5.76 Å². The molecule has 5 rings (SSSR count). The number of carbonyl (C=O) groups is 1. The van der Waals surface area contributed by atoms with E-state index in [1.54, 1.807) is 17.0 Å². The van der Waals surface area contributed by atoms with Crippen LogP contribution in [0, 0.1) is 6.92 Å². The van der Waals surface area contributed by atoms with Crippen LogP contribution in [0.15, 0.2) is 56.1 Å². The van der Waals surface area contributed by atoms with Gasteiger partial charge < -0.3 is 14.1 Å².